The Hall–Kier alpha value is -3.71. The minimum atomic E-state index is -0.618. The van der Waals surface area contributed by atoms with Crippen LogP contribution in [0.15, 0.2) is 76.3 Å². The number of benzene rings is 3. The van der Waals surface area contributed by atoms with E-state index >= 15 is 0 Å². The van der Waals surface area contributed by atoms with Crippen molar-refractivity contribution in [1.82, 2.24) is 14.5 Å². The molecule has 0 radical (unpaired) electrons. The van der Waals surface area contributed by atoms with Gasteiger partial charge in [0, 0.05) is 17.6 Å². The molecule has 0 saturated carbocycles. The van der Waals surface area contributed by atoms with E-state index in [1.807, 2.05) is 0 Å². The molecule has 3 aromatic carbocycles. The van der Waals surface area contributed by atoms with Gasteiger partial charge in [-0.15, -0.1) is 0 Å². The molecule has 0 aliphatic heterocycles. The van der Waals surface area contributed by atoms with Crippen LogP contribution in [0.25, 0.3) is 16.6 Å². The highest BCUT2D eigenvalue weighted by atomic mass is 35.5. The second kappa shape index (κ2) is 8.80. The number of nitrogens with zero attached hydrogens (tertiary/aromatic N) is 2. The predicted molar refractivity (Wildman–Crippen MR) is 122 cm³/mol. The van der Waals surface area contributed by atoms with Crippen LogP contribution in [0.4, 0.5) is 4.39 Å². The zero-order valence-corrected chi connectivity index (χ0v) is 17.9. The Balaban J connectivity index is 1.90. The van der Waals surface area contributed by atoms with E-state index in [1.54, 1.807) is 61.6 Å². The van der Waals surface area contributed by atoms with Crippen molar-refractivity contribution < 1.29 is 9.18 Å². The lowest BCUT2D eigenvalue weighted by Gasteiger charge is -2.15. The molecule has 0 spiro atoms. The number of amides is 1. The summed E-state index contributed by atoms with van der Waals surface area (Å²) in [5.74, 6) is -0.686. The molecule has 1 aromatic heterocycles. The van der Waals surface area contributed by atoms with Crippen molar-refractivity contribution in [3.05, 3.63) is 110 Å². The highest BCUT2D eigenvalue weighted by Crippen LogP contribution is 2.21. The van der Waals surface area contributed by atoms with Crippen LogP contribution in [-0.2, 0) is 17.8 Å². The Morgan fingerprint density at radius 2 is 1.72 bits per heavy atom. The van der Waals surface area contributed by atoms with Crippen LogP contribution in [0.3, 0.4) is 0 Å². The molecule has 1 N–H and O–H groups in total. The molecule has 0 fully saturated rings. The van der Waals surface area contributed by atoms with E-state index in [1.165, 1.54) is 16.7 Å². The molecule has 1 heterocycles. The van der Waals surface area contributed by atoms with Gasteiger partial charge in [0.25, 0.3) is 5.56 Å². The molecular formula is C24H19ClFN3O3. The number of fused-ring (bicyclic) bond motifs is 1. The summed E-state index contributed by atoms with van der Waals surface area (Å²) < 4.78 is 16.8. The number of halogens is 2. The molecule has 8 heteroatoms. The van der Waals surface area contributed by atoms with Crippen molar-refractivity contribution >= 4 is 28.4 Å². The van der Waals surface area contributed by atoms with Gasteiger partial charge in [-0.05, 0) is 42.0 Å². The normalized spacial score (nSPS) is 11.0. The minimum absolute atomic E-state index is 0.139. The van der Waals surface area contributed by atoms with Gasteiger partial charge in [0.1, 0.15) is 5.82 Å². The molecule has 0 aliphatic carbocycles. The van der Waals surface area contributed by atoms with E-state index in [9.17, 15) is 18.8 Å². The number of nitrogens with one attached hydrogen (secondary N) is 1. The molecule has 32 heavy (non-hydrogen) atoms. The first kappa shape index (κ1) is 21.5. The predicted octanol–water partition coefficient (Wildman–Crippen LogP) is 3.28. The molecular weight excluding hydrogens is 433 g/mol. The van der Waals surface area contributed by atoms with Crippen molar-refractivity contribution in [3.8, 4) is 5.69 Å². The molecule has 0 unspecified atom stereocenters. The number of carbonyl (C=O) groups excluding carboxylic acids is 1. The summed E-state index contributed by atoms with van der Waals surface area (Å²) >= 11 is 6.19. The van der Waals surface area contributed by atoms with Gasteiger partial charge >= 0.3 is 5.69 Å². The van der Waals surface area contributed by atoms with E-state index in [2.05, 4.69) is 5.32 Å². The average molecular weight is 452 g/mol. The zero-order valence-electron chi connectivity index (χ0n) is 17.1. The van der Waals surface area contributed by atoms with Crippen LogP contribution in [0.5, 0.6) is 0 Å². The fourth-order valence-corrected chi connectivity index (χ4v) is 3.80. The first-order valence-corrected chi connectivity index (χ1v) is 10.3. The second-order valence-corrected chi connectivity index (χ2v) is 7.65. The molecule has 1 amide bonds. The molecule has 4 aromatic rings. The maximum Gasteiger partial charge on any atom is 0.336 e. The maximum atomic E-state index is 14.4. The molecule has 0 bridgehead atoms. The number of hydrogen-bond acceptors (Lipinski definition) is 3. The lowest BCUT2D eigenvalue weighted by molar-refractivity contribution is -0.119. The van der Waals surface area contributed by atoms with Gasteiger partial charge in [0.15, 0.2) is 0 Å². The second-order valence-electron chi connectivity index (χ2n) is 7.24. The van der Waals surface area contributed by atoms with Crippen LogP contribution in [0.2, 0.25) is 5.02 Å². The number of aromatic nitrogens is 2. The van der Waals surface area contributed by atoms with Crippen LogP contribution in [0, 0.1) is 5.82 Å². The SMILES string of the molecule is CNC(=O)Cc1ccc(-n2c(=O)c3ccccc3n(Cc3c(F)cccc3Cl)c2=O)cc1. The standard InChI is InChI=1S/C24H19ClFN3O3/c1-27-22(30)13-15-9-11-16(12-10-15)29-23(31)17-5-2-3-8-21(17)28(24(29)32)14-18-19(25)6-4-7-20(18)26/h2-12H,13-14H2,1H3,(H,27,30). The largest absolute Gasteiger partial charge is 0.359 e. The van der Waals surface area contributed by atoms with Crippen LogP contribution < -0.4 is 16.6 Å². The number of hydrogen-bond donors (Lipinski definition) is 1. The first-order chi connectivity index (χ1) is 15.4. The number of carbonyl (C=O) groups is 1. The van der Waals surface area contributed by atoms with Crippen molar-refractivity contribution in [2.45, 2.75) is 13.0 Å². The Bertz CT molecular complexity index is 1420. The number of para-hydroxylation sites is 1. The van der Waals surface area contributed by atoms with Crippen molar-refractivity contribution in [1.29, 1.82) is 0 Å². The van der Waals surface area contributed by atoms with Crippen molar-refractivity contribution in [3.63, 3.8) is 0 Å². The van der Waals surface area contributed by atoms with Gasteiger partial charge in [-0.25, -0.2) is 13.8 Å². The Kier molecular flexibility index (Phi) is 5.92. The summed E-state index contributed by atoms with van der Waals surface area (Å²) in [5, 5.41) is 3.05. The van der Waals surface area contributed by atoms with Gasteiger partial charge in [0.2, 0.25) is 5.91 Å². The minimum Gasteiger partial charge on any atom is -0.359 e. The third-order valence-corrected chi connectivity index (χ3v) is 5.62. The first-order valence-electron chi connectivity index (χ1n) is 9.88. The lowest BCUT2D eigenvalue weighted by atomic mass is 10.1. The Morgan fingerprint density at radius 3 is 2.41 bits per heavy atom. The van der Waals surface area contributed by atoms with Crippen LogP contribution >= 0.6 is 11.6 Å². The van der Waals surface area contributed by atoms with E-state index < -0.39 is 17.1 Å². The quantitative estimate of drug-likeness (QED) is 0.506. The monoisotopic (exact) mass is 451 g/mol. The van der Waals surface area contributed by atoms with Gasteiger partial charge in [0.05, 0.1) is 29.6 Å². The number of rotatable bonds is 5. The lowest BCUT2D eigenvalue weighted by Crippen LogP contribution is -2.39. The molecule has 0 atom stereocenters. The summed E-state index contributed by atoms with van der Waals surface area (Å²) in [5.41, 5.74) is 0.523. The topological polar surface area (TPSA) is 73.1 Å². The fourth-order valence-electron chi connectivity index (χ4n) is 3.58. The van der Waals surface area contributed by atoms with Crippen molar-refractivity contribution in [2.24, 2.45) is 0 Å². The summed E-state index contributed by atoms with van der Waals surface area (Å²) in [6, 6.07) is 17.6. The smallest absolute Gasteiger partial charge is 0.336 e. The number of likely N-dealkylation sites (N-methyl/N-ethyl adjacent to an activating group) is 1. The zero-order chi connectivity index (χ0) is 22.8. The van der Waals surface area contributed by atoms with E-state index in [0.29, 0.717) is 16.6 Å². The van der Waals surface area contributed by atoms with Crippen LogP contribution in [0.1, 0.15) is 11.1 Å². The Morgan fingerprint density at radius 1 is 1.00 bits per heavy atom. The van der Waals surface area contributed by atoms with E-state index in [0.717, 1.165) is 10.1 Å². The highest BCUT2D eigenvalue weighted by molar-refractivity contribution is 6.31. The molecule has 6 nitrogen and oxygen atoms in total. The maximum absolute atomic E-state index is 14.4. The summed E-state index contributed by atoms with van der Waals surface area (Å²) in [4.78, 5) is 38.2. The van der Waals surface area contributed by atoms with Crippen LogP contribution in [-0.4, -0.2) is 22.1 Å². The summed E-state index contributed by atoms with van der Waals surface area (Å²) in [7, 11) is 1.55. The third kappa shape index (κ3) is 3.94. The summed E-state index contributed by atoms with van der Waals surface area (Å²) in [6.45, 7) is -0.139. The molecule has 0 aliphatic rings. The van der Waals surface area contributed by atoms with E-state index in [-0.39, 0.29) is 29.5 Å². The van der Waals surface area contributed by atoms with Crippen molar-refractivity contribution in [2.75, 3.05) is 7.05 Å². The van der Waals surface area contributed by atoms with Gasteiger partial charge in [-0.1, -0.05) is 41.9 Å². The molecule has 0 saturated heterocycles. The van der Waals surface area contributed by atoms with E-state index in [4.69, 9.17) is 11.6 Å². The molecule has 162 valence electrons. The highest BCUT2D eigenvalue weighted by Gasteiger charge is 2.17. The fraction of sp³-hybridized carbons (Fsp3) is 0.125. The average Bonchev–Trinajstić information content (AvgIpc) is 2.79. The van der Waals surface area contributed by atoms with Gasteiger partial charge < -0.3 is 5.32 Å². The molecule has 4 rings (SSSR count). The van der Waals surface area contributed by atoms with Gasteiger partial charge in [-0.3, -0.25) is 14.2 Å². The van der Waals surface area contributed by atoms with Gasteiger partial charge in [-0.2, -0.15) is 0 Å². The Labute approximate surface area is 187 Å². The summed E-state index contributed by atoms with van der Waals surface area (Å²) in [6.07, 6.45) is 0.180. The third-order valence-electron chi connectivity index (χ3n) is 5.27.